The molecule has 1 saturated carbocycles. The zero-order valence-corrected chi connectivity index (χ0v) is 11.8. The summed E-state index contributed by atoms with van der Waals surface area (Å²) in [5, 5.41) is 3.43. The molecule has 0 spiro atoms. The van der Waals surface area contributed by atoms with Gasteiger partial charge in [0.25, 0.3) is 0 Å². The lowest BCUT2D eigenvalue weighted by Crippen LogP contribution is -2.51. The molecule has 3 rings (SSSR count). The lowest BCUT2D eigenvalue weighted by molar-refractivity contribution is -0.132. The number of hydrogen-bond acceptors (Lipinski definition) is 4. The molecule has 0 radical (unpaired) electrons. The molecule has 0 aromatic carbocycles. The first kappa shape index (κ1) is 13.3. The summed E-state index contributed by atoms with van der Waals surface area (Å²) in [7, 11) is 2.11. The van der Waals surface area contributed by atoms with Crippen LogP contribution in [0.1, 0.15) is 19.3 Å². The average molecular weight is 267 g/mol. The van der Waals surface area contributed by atoms with Gasteiger partial charge in [-0.3, -0.25) is 4.79 Å². The van der Waals surface area contributed by atoms with Gasteiger partial charge in [0.2, 0.25) is 5.91 Å². The van der Waals surface area contributed by atoms with Crippen LogP contribution in [0, 0.1) is 5.92 Å². The number of piperazine rings is 1. The fraction of sp³-hybridized carbons (Fsp3) is 0.929. The van der Waals surface area contributed by atoms with Crippen LogP contribution in [0.25, 0.3) is 0 Å². The fourth-order valence-corrected chi connectivity index (χ4v) is 3.11. The standard InChI is InChI=1S/C14H25N3O2/c1-16-5-7-17(8-6-16)13(18)10-15-12-4-9-19-14(12)11-2-3-11/h11-12,14-15H,2-10H2,1H3. The molecule has 0 bridgehead atoms. The summed E-state index contributed by atoms with van der Waals surface area (Å²) in [6.07, 6.45) is 4.02. The second-order valence-corrected chi connectivity index (χ2v) is 6.13. The number of carbonyl (C=O) groups excluding carboxylic acids is 1. The van der Waals surface area contributed by atoms with Gasteiger partial charge in [-0.25, -0.2) is 0 Å². The molecule has 3 fully saturated rings. The van der Waals surface area contributed by atoms with Crippen LogP contribution < -0.4 is 5.32 Å². The summed E-state index contributed by atoms with van der Waals surface area (Å²) in [4.78, 5) is 16.4. The minimum atomic E-state index is 0.245. The minimum Gasteiger partial charge on any atom is -0.376 e. The van der Waals surface area contributed by atoms with Crippen LogP contribution in [0.3, 0.4) is 0 Å². The van der Waals surface area contributed by atoms with E-state index in [1.165, 1.54) is 12.8 Å². The summed E-state index contributed by atoms with van der Waals surface area (Å²) >= 11 is 0. The zero-order chi connectivity index (χ0) is 13.2. The van der Waals surface area contributed by atoms with Gasteiger partial charge < -0.3 is 19.9 Å². The molecule has 2 unspecified atom stereocenters. The highest BCUT2D eigenvalue weighted by atomic mass is 16.5. The third-order valence-electron chi connectivity index (χ3n) is 4.59. The minimum absolute atomic E-state index is 0.245. The summed E-state index contributed by atoms with van der Waals surface area (Å²) in [6, 6.07) is 0.393. The molecule has 5 nitrogen and oxygen atoms in total. The summed E-state index contributed by atoms with van der Waals surface area (Å²) in [5.41, 5.74) is 0. The second kappa shape index (κ2) is 5.77. The van der Waals surface area contributed by atoms with E-state index >= 15 is 0 Å². The van der Waals surface area contributed by atoms with E-state index in [1.54, 1.807) is 0 Å². The average Bonchev–Trinajstić information content (AvgIpc) is 3.16. The van der Waals surface area contributed by atoms with Crippen molar-refractivity contribution in [1.29, 1.82) is 0 Å². The van der Waals surface area contributed by atoms with Crippen molar-refractivity contribution in [1.82, 2.24) is 15.1 Å². The Kier molecular flexibility index (Phi) is 4.05. The van der Waals surface area contributed by atoms with Gasteiger partial charge in [-0.2, -0.15) is 0 Å². The Morgan fingerprint density at radius 1 is 1.21 bits per heavy atom. The van der Waals surface area contributed by atoms with Crippen LogP contribution in [0.4, 0.5) is 0 Å². The van der Waals surface area contributed by atoms with E-state index in [9.17, 15) is 4.79 Å². The summed E-state index contributed by atoms with van der Waals surface area (Å²) in [6.45, 7) is 5.03. The number of carbonyl (C=O) groups is 1. The van der Waals surface area contributed by atoms with Crippen molar-refractivity contribution in [2.24, 2.45) is 5.92 Å². The Morgan fingerprint density at radius 2 is 1.95 bits per heavy atom. The van der Waals surface area contributed by atoms with Gasteiger partial charge in [0, 0.05) is 38.8 Å². The number of ether oxygens (including phenoxy) is 1. The quantitative estimate of drug-likeness (QED) is 0.774. The molecule has 2 aliphatic heterocycles. The van der Waals surface area contributed by atoms with Crippen LogP contribution in [-0.4, -0.2) is 74.2 Å². The molecule has 19 heavy (non-hydrogen) atoms. The largest absolute Gasteiger partial charge is 0.376 e. The molecule has 2 atom stereocenters. The lowest BCUT2D eigenvalue weighted by atomic mass is 10.1. The van der Waals surface area contributed by atoms with Crippen molar-refractivity contribution in [3.8, 4) is 0 Å². The van der Waals surface area contributed by atoms with Crippen molar-refractivity contribution in [2.45, 2.75) is 31.4 Å². The summed E-state index contributed by atoms with van der Waals surface area (Å²) in [5.74, 6) is 0.994. The van der Waals surface area contributed by atoms with Crippen molar-refractivity contribution < 1.29 is 9.53 Å². The molecule has 5 heteroatoms. The molecule has 1 aliphatic carbocycles. The van der Waals surface area contributed by atoms with E-state index in [4.69, 9.17) is 4.74 Å². The van der Waals surface area contributed by atoms with Gasteiger partial charge in [-0.15, -0.1) is 0 Å². The Bertz CT molecular complexity index is 325. The number of hydrogen-bond donors (Lipinski definition) is 1. The highest BCUT2D eigenvalue weighted by molar-refractivity contribution is 5.78. The Balaban J connectivity index is 1.42. The molecule has 3 aliphatic rings. The normalized spacial score (nSPS) is 32.8. The topological polar surface area (TPSA) is 44.8 Å². The lowest BCUT2D eigenvalue weighted by Gasteiger charge is -2.33. The first-order valence-corrected chi connectivity index (χ1v) is 7.55. The molecule has 2 heterocycles. The van der Waals surface area contributed by atoms with Crippen molar-refractivity contribution in [3.05, 3.63) is 0 Å². The Labute approximate surface area is 115 Å². The van der Waals surface area contributed by atoms with E-state index in [-0.39, 0.29) is 5.91 Å². The predicted octanol–water partition coefficient (Wildman–Crippen LogP) is -0.0825. The first-order valence-electron chi connectivity index (χ1n) is 7.55. The van der Waals surface area contributed by atoms with E-state index in [1.807, 2.05) is 4.90 Å². The van der Waals surface area contributed by atoms with Crippen molar-refractivity contribution in [2.75, 3.05) is 46.4 Å². The van der Waals surface area contributed by atoms with E-state index in [0.29, 0.717) is 18.7 Å². The van der Waals surface area contributed by atoms with Crippen LogP contribution in [-0.2, 0) is 9.53 Å². The molecule has 0 aromatic heterocycles. The second-order valence-electron chi connectivity index (χ2n) is 6.13. The maximum Gasteiger partial charge on any atom is 0.236 e. The zero-order valence-electron chi connectivity index (χ0n) is 11.8. The predicted molar refractivity (Wildman–Crippen MR) is 72.9 cm³/mol. The number of amides is 1. The maximum atomic E-state index is 12.2. The highest BCUT2D eigenvalue weighted by Crippen LogP contribution is 2.38. The van der Waals surface area contributed by atoms with Crippen LogP contribution in [0.15, 0.2) is 0 Å². The van der Waals surface area contributed by atoms with Gasteiger partial charge in [-0.1, -0.05) is 0 Å². The molecule has 2 saturated heterocycles. The van der Waals surface area contributed by atoms with Crippen LogP contribution in [0.2, 0.25) is 0 Å². The fourth-order valence-electron chi connectivity index (χ4n) is 3.11. The third-order valence-corrected chi connectivity index (χ3v) is 4.59. The number of nitrogens with zero attached hydrogens (tertiary/aromatic N) is 2. The maximum absolute atomic E-state index is 12.2. The number of nitrogens with one attached hydrogen (secondary N) is 1. The highest BCUT2D eigenvalue weighted by Gasteiger charge is 2.40. The number of rotatable bonds is 4. The monoisotopic (exact) mass is 267 g/mol. The van der Waals surface area contributed by atoms with Gasteiger partial charge in [0.15, 0.2) is 0 Å². The van der Waals surface area contributed by atoms with Gasteiger partial charge in [0.1, 0.15) is 0 Å². The molecule has 1 N–H and O–H groups in total. The third kappa shape index (κ3) is 3.27. The van der Waals surface area contributed by atoms with Crippen molar-refractivity contribution in [3.63, 3.8) is 0 Å². The molecule has 108 valence electrons. The van der Waals surface area contributed by atoms with Gasteiger partial charge in [0.05, 0.1) is 12.6 Å². The van der Waals surface area contributed by atoms with E-state index in [2.05, 4.69) is 17.3 Å². The molecular formula is C14H25N3O2. The molecule has 1 amide bonds. The smallest absolute Gasteiger partial charge is 0.236 e. The van der Waals surface area contributed by atoms with Crippen molar-refractivity contribution >= 4 is 5.91 Å². The van der Waals surface area contributed by atoms with Crippen LogP contribution >= 0.6 is 0 Å². The number of likely N-dealkylation sites (N-methyl/N-ethyl adjacent to an activating group) is 1. The Morgan fingerprint density at radius 3 is 2.63 bits per heavy atom. The SMILES string of the molecule is CN1CCN(C(=O)CNC2CCOC2C2CC2)CC1. The van der Waals surface area contributed by atoms with E-state index in [0.717, 1.165) is 45.1 Å². The first-order chi connectivity index (χ1) is 9.24. The molecular weight excluding hydrogens is 242 g/mol. The van der Waals surface area contributed by atoms with E-state index < -0.39 is 0 Å². The molecule has 0 aromatic rings. The summed E-state index contributed by atoms with van der Waals surface area (Å²) < 4.78 is 5.79. The van der Waals surface area contributed by atoms with Gasteiger partial charge >= 0.3 is 0 Å². The Hall–Kier alpha value is -0.650. The van der Waals surface area contributed by atoms with Crippen LogP contribution in [0.5, 0.6) is 0 Å². The van der Waals surface area contributed by atoms with Gasteiger partial charge in [-0.05, 0) is 32.2 Å².